The van der Waals surface area contributed by atoms with Crippen molar-refractivity contribution >= 4 is 17.1 Å². The molecule has 0 fully saturated rings. The predicted molar refractivity (Wildman–Crippen MR) is 220 cm³/mol. The number of para-hydroxylation sites is 1. The molecule has 1 heteroatoms. The van der Waals surface area contributed by atoms with Crippen LogP contribution < -0.4 is 4.90 Å². The van der Waals surface area contributed by atoms with Gasteiger partial charge in [-0.3, -0.25) is 0 Å². The minimum absolute atomic E-state index is 0.146. The van der Waals surface area contributed by atoms with Crippen molar-refractivity contribution in [2.75, 3.05) is 4.90 Å². The lowest BCUT2D eigenvalue weighted by Gasteiger charge is -2.26. The van der Waals surface area contributed by atoms with E-state index in [4.69, 9.17) is 0 Å². The van der Waals surface area contributed by atoms with Gasteiger partial charge in [-0.1, -0.05) is 166 Å². The number of nitrogens with zero attached hydrogens (tertiary/aromatic N) is 1. The lowest BCUT2D eigenvalue weighted by molar-refractivity contribution is 0.661. The van der Waals surface area contributed by atoms with Crippen LogP contribution in [0.5, 0.6) is 0 Å². The fourth-order valence-corrected chi connectivity index (χ4v) is 8.06. The summed E-state index contributed by atoms with van der Waals surface area (Å²) in [6, 6.07) is 72.7. The summed E-state index contributed by atoms with van der Waals surface area (Å²) in [6.45, 7) is 4.76. The van der Waals surface area contributed by atoms with Gasteiger partial charge >= 0.3 is 0 Å². The molecular weight excluding hydrogens is 627 g/mol. The standard InChI is InChI=1S/C51H39N/c1-51(2)48-28-16-27-44(37-19-9-4-10-20-37)50(48)47-34-45(38-21-11-5-12-22-38)46(35-49(47)51)39-29-31-42(32-30-39)52(41-24-13-6-14-25-41)43-26-15-23-40(33-43)36-17-7-3-8-18-36/h3-35H,1-2H3. The Hall–Kier alpha value is -6.44. The Kier molecular flexibility index (Phi) is 7.90. The largest absolute Gasteiger partial charge is 0.310 e. The van der Waals surface area contributed by atoms with Crippen LogP contribution in [0.25, 0.3) is 55.6 Å². The van der Waals surface area contributed by atoms with Gasteiger partial charge in [-0.2, -0.15) is 0 Å². The van der Waals surface area contributed by atoms with Gasteiger partial charge in [0.05, 0.1) is 0 Å². The number of anilines is 3. The summed E-state index contributed by atoms with van der Waals surface area (Å²) in [5.74, 6) is 0. The maximum absolute atomic E-state index is 2.47. The van der Waals surface area contributed by atoms with E-state index < -0.39 is 0 Å². The van der Waals surface area contributed by atoms with E-state index >= 15 is 0 Å². The van der Waals surface area contributed by atoms with Crippen LogP contribution in [0.3, 0.4) is 0 Å². The zero-order valence-electron chi connectivity index (χ0n) is 29.5. The number of hydrogen-bond donors (Lipinski definition) is 0. The van der Waals surface area contributed by atoms with Crippen molar-refractivity contribution in [2.45, 2.75) is 19.3 Å². The highest BCUT2D eigenvalue weighted by atomic mass is 15.1. The molecule has 0 N–H and O–H groups in total. The van der Waals surface area contributed by atoms with Gasteiger partial charge in [0.25, 0.3) is 0 Å². The molecule has 0 aromatic heterocycles. The summed E-state index contributed by atoms with van der Waals surface area (Å²) < 4.78 is 0. The predicted octanol–water partition coefficient (Wildman–Crippen LogP) is 14.1. The third-order valence-electron chi connectivity index (χ3n) is 10.7. The molecule has 8 aromatic rings. The van der Waals surface area contributed by atoms with Gasteiger partial charge in [0.15, 0.2) is 0 Å². The molecule has 248 valence electrons. The molecule has 0 bridgehead atoms. The van der Waals surface area contributed by atoms with Gasteiger partial charge in [0.2, 0.25) is 0 Å². The van der Waals surface area contributed by atoms with Crippen molar-refractivity contribution in [1.82, 2.24) is 0 Å². The van der Waals surface area contributed by atoms with Crippen molar-refractivity contribution in [1.29, 1.82) is 0 Å². The third kappa shape index (κ3) is 5.52. The van der Waals surface area contributed by atoms with Crippen LogP contribution in [0.1, 0.15) is 25.0 Å². The van der Waals surface area contributed by atoms with Gasteiger partial charge in [-0.15, -0.1) is 0 Å². The monoisotopic (exact) mass is 665 g/mol. The molecule has 0 spiro atoms. The average Bonchev–Trinajstić information content (AvgIpc) is 3.44. The summed E-state index contributed by atoms with van der Waals surface area (Å²) in [7, 11) is 0. The zero-order chi connectivity index (χ0) is 35.1. The first-order valence-corrected chi connectivity index (χ1v) is 18.1. The molecule has 52 heavy (non-hydrogen) atoms. The van der Waals surface area contributed by atoms with E-state index in [0.717, 1.165) is 17.1 Å². The van der Waals surface area contributed by atoms with Crippen molar-refractivity contribution in [3.63, 3.8) is 0 Å². The van der Waals surface area contributed by atoms with Crippen LogP contribution in [-0.2, 0) is 5.41 Å². The van der Waals surface area contributed by atoms with Crippen LogP contribution in [0, 0.1) is 0 Å². The van der Waals surface area contributed by atoms with E-state index in [1.165, 1.54) is 66.8 Å². The molecule has 1 aliphatic carbocycles. The molecule has 1 aliphatic rings. The Morgan fingerprint density at radius 3 is 1.44 bits per heavy atom. The topological polar surface area (TPSA) is 3.24 Å². The molecule has 0 amide bonds. The van der Waals surface area contributed by atoms with Gasteiger partial charge in [-0.25, -0.2) is 0 Å². The second-order valence-corrected chi connectivity index (χ2v) is 14.2. The van der Waals surface area contributed by atoms with E-state index in [2.05, 4.69) is 219 Å². The minimum Gasteiger partial charge on any atom is -0.310 e. The molecule has 0 aliphatic heterocycles. The Labute approximate surface area is 307 Å². The van der Waals surface area contributed by atoms with Crippen LogP contribution in [0.4, 0.5) is 17.1 Å². The second kappa shape index (κ2) is 13.0. The SMILES string of the molecule is CC1(C)c2cc(-c3ccc(N(c4ccccc4)c4cccc(-c5ccccc5)c4)cc3)c(-c3ccccc3)cc2-c2c(-c3ccccc3)cccc21. The molecule has 0 atom stereocenters. The minimum atomic E-state index is -0.146. The summed E-state index contributed by atoms with van der Waals surface area (Å²) in [4.78, 5) is 2.35. The summed E-state index contributed by atoms with van der Waals surface area (Å²) in [5, 5.41) is 0. The first-order valence-electron chi connectivity index (χ1n) is 18.1. The molecule has 0 saturated heterocycles. The lowest BCUT2D eigenvalue weighted by Crippen LogP contribution is -2.15. The maximum atomic E-state index is 2.47. The molecule has 0 heterocycles. The van der Waals surface area contributed by atoms with Crippen LogP contribution in [-0.4, -0.2) is 0 Å². The van der Waals surface area contributed by atoms with E-state index in [-0.39, 0.29) is 5.41 Å². The first-order chi connectivity index (χ1) is 25.6. The maximum Gasteiger partial charge on any atom is 0.0467 e. The van der Waals surface area contributed by atoms with Crippen molar-refractivity contribution < 1.29 is 0 Å². The molecule has 9 rings (SSSR count). The summed E-state index contributed by atoms with van der Waals surface area (Å²) in [5.41, 5.74) is 18.5. The van der Waals surface area contributed by atoms with E-state index in [1.807, 2.05) is 0 Å². The molecular formula is C51H39N. The number of rotatable bonds is 7. The van der Waals surface area contributed by atoms with Crippen LogP contribution >= 0.6 is 0 Å². The van der Waals surface area contributed by atoms with Crippen LogP contribution in [0.15, 0.2) is 200 Å². The summed E-state index contributed by atoms with van der Waals surface area (Å²) in [6.07, 6.45) is 0. The number of hydrogen-bond acceptors (Lipinski definition) is 1. The van der Waals surface area contributed by atoms with Crippen molar-refractivity contribution in [3.05, 3.63) is 211 Å². The highest BCUT2D eigenvalue weighted by Gasteiger charge is 2.38. The number of benzene rings is 8. The molecule has 8 aromatic carbocycles. The quantitative estimate of drug-likeness (QED) is 0.164. The lowest BCUT2D eigenvalue weighted by atomic mass is 9.80. The molecule has 0 radical (unpaired) electrons. The smallest absolute Gasteiger partial charge is 0.0467 e. The van der Waals surface area contributed by atoms with E-state index in [1.54, 1.807) is 0 Å². The Morgan fingerprint density at radius 2 is 0.788 bits per heavy atom. The van der Waals surface area contributed by atoms with Gasteiger partial charge in [-0.05, 0) is 115 Å². The fourth-order valence-electron chi connectivity index (χ4n) is 8.06. The van der Waals surface area contributed by atoms with Gasteiger partial charge in [0, 0.05) is 22.5 Å². The third-order valence-corrected chi connectivity index (χ3v) is 10.7. The Bertz CT molecular complexity index is 2500. The van der Waals surface area contributed by atoms with Crippen molar-refractivity contribution in [3.8, 4) is 55.6 Å². The van der Waals surface area contributed by atoms with Gasteiger partial charge < -0.3 is 4.90 Å². The van der Waals surface area contributed by atoms with Gasteiger partial charge in [0.1, 0.15) is 0 Å². The average molecular weight is 666 g/mol. The zero-order valence-corrected chi connectivity index (χ0v) is 29.5. The van der Waals surface area contributed by atoms with E-state index in [9.17, 15) is 0 Å². The second-order valence-electron chi connectivity index (χ2n) is 14.2. The molecule has 0 unspecified atom stereocenters. The normalized spacial score (nSPS) is 12.6. The first kappa shape index (κ1) is 31.5. The highest BCUT2D eigenvalue weighted by Crippen LogP contribution is 2.54. The van der Waals surface area contributed by atoms with Crippen molar-refractivity contribution in [2.24, 2.45) is 0 Å². The Balaban J connectivity index is 1.19. The highest BCUT2D eigenvalue weighted by molar-refractivity contribution is 5.98. The Morgan fingerprint density at radius 1 is 0.308 bits per heavy atom. The van der Waals surface area contributed by atoms with E-state index in [0.29, 0.717) is 0 Å². The fraction of sp³-hybridized carbons (Fsp3) is 0.0588. The molecule has 0 saturated carbocycles. The van der Waals surface area contributed by atoms with Crippen LogP contribution in [0.2, 0.25) is 0 Å². The molecule has 1 nitrogen and oxygen atoms in total. The number of fused-ring (bicyclic) bond motifs is 3. The summed E-state index contributed by atoms with van der Waals surface area (Å²) >= 11 is 0.